The first-order valence-corrected chi connectivity index (χ1v) is 5.85. The van der Waals surface area contributed by atoms with Gasteiger partial charge < -0.3 is 5.73 Å². The summed E-state index contributed by atoms with van der Waals surface area (Å²) in [6.45, 7) is 0. The zero-order chi connectivity index (χ0) is 12.7. The lowest BCUT2D eigenvalue weighted by atomic mass is 10.3. The minimum atomic E-state index is 0.426. The first kappa shape index (κ1) is 10.9. The molecule has 0 saturated heterocycles. The van der Waals surface area contributed by atoms with Gasteiger partial charge in [-0.2, -0.15) is 10.1 Å². The molecule has 0 aliphatic heterocycles. The number of nitrogens with zero attached hydrogens (tertiary/aromatic N) is 4. The van der Waals surface area contributed by atoms with Crippen LogP contribution in [-0.2, 0) is 7.05 Å². The first-order chi connectivity index (χ1) is 8.68. The first-order valence-electron chi connectivity index (χ1n) is 5.44. The summed E-state index contributed by atoms with van der Waals surface area (Å²) in [6, 6.07) is 9.69. The predicted molar refractivity (Wildman–Crippen MR) is 73.1 cm³/mol. The lowest BCUT2D eigenvalue weighted by Crippen LogP contribution is -2.07. The zero-order valence-corrected chi connectivity index (χ0v) is 10.6. The van der Waals surface area contributed by atoms with Gasteiger partial charge in [0.15, 0.2) is 5.65 Å². The van der Waals surface area contributed by atoms with E-state index < -0.39 is 0 Å². The number of aryl methyl sites for hydroxylation is 1. The Bertz CT molecular complexity index is 772. The molecule has 0 unspecified atom stereocenters. The van der Waals surface area contributed by atoms with Gasteiger partial charge >= 0.3 is 0 Å². The minimum absolute atomic E-state index is 0.426. The van der Waals surface area contributed by atoms with Gasteiger partial charge in [-0.3, -0.25) is 9.25 Å². The van der Waals surface area contributed by atoms with Gasteiger partial charge in [-0.15, -0.1) is 0 Å². The summed E-state index contributed by atoms with van der Waals surface area (Å²) < 4.78 is 3.84. The number of nitrogens with two attached hydrogens (primary N) is 1. The van der Waals surface area contributed by atoms with Crippen molar-refractivity contribution in [3.05, 3.63) is 41.3 Å². The normalized spacial score (nSPS) is 10.9. The average molecular weight is 257 g/mol. The van der Waals surface area contributed by atoms with Crippen LogP contribution in [0.5, 0.6) is 0 Å². The van der Waals surface area contributed by atoms with Crippen LogP contribution in [0.25, 0.3) is 16.7 Å². The Morgan fingerprint density at radius 1 is 1.22 bits per heavy atom. The summed E-state index contributed by atoms with van der Waals surface area (Å²) in [5, 5.41) is 4.95. The second-order valence-corrected chi connectivity index (χ2v) is 4.32. The number of fused-ring (bicyclic) bond motifs is 1. The van der Waals surface area contributed by atoms with E-state index in [1.165, 1.54) is 0 Å². The molecule has 0 radical (unpaired) electrons. The molecule has 0 fully saturated rings. The Labute approximate surface area is 108 Å². The molecule has 0 atom stereocenters. The highest BCUT2D eigenvalue weighted by Crippen LogP contribution is 2.22. The van der Waals surface area contributed by atoms with Crippen molar-refractivity contribution in [1.29, 1.82) is 0 Å². The molecule has 2 heterocycles. The van der Waals surface area contributed by atoms with E-state index in [1.807, 2.05) is 37.4 Å². The van der Waals surface area contributed by atoms with Gasteiger partial charge in [0.2, 0.25) is 4.77 Å². The number of hydrogen-bond donors (Lipinski definition) is 1. The van der Waals surface area contributed by atoms with Crippen molar-refractivity contribution in [3.8, 4) is 5.69 Å². The van der Waals surface area contributed by atoms with Crippen LogP contribution in [0.2, 0.25) is 0 Å². The van der Waals surface area contributed by atoms with E-state index in [-0.39, 0.29) is 0 Å². The molecule has 0 saturated carbocycles. The molecule has 0 aliphatic carbocycles. The van der Waals surface area contributed by atoms with Gasteiger partial charge in [0.05, 0.1) is 11.6 Å². The maximum atomic E-state index is 6.17. The monoisotopic (exact) mass is 257 g/mol. The summed E-state index contributed by atoms with van der Waals surface area (Å²) in [5.74, 6) is 0.560. The largest absolute Gasteiger partial charge is 0.384 e. The summed E-state index contributed by atoms with van der Waals surface area (Å²) in [6.07, 6.45) is 1.70. The average Bonchev–Trinajstić information content (AvgIpc) is 2.73. The highest BCUT2D eigenvalue weighted by atomic mass is 32.1. The van der Waals surface area contributed by atoms with E-state index >= 15 is 0 Å². The van der Waals surface area contributed by atoms with Crippen LogP contribution < -0.4 is 5.73 Å². The fourth-order valence-corrected chi connectivity index (χ4v) is 2.23. The summed E-state index contributed by atoms with van der Waals surface area (Å²) >= 11 is 5.31. The number of nitrogen functional groups attached to an aromatic ring is 1. The van der Waals surface area contributed by atoms with Crippen LogP contribution >= 0.6 is 12.2 Å². The van der Waals surface area contributed by atoms with Crippen LogP contribution in [0.15, 0.2) is 36.5 Å². The third-order valence-corrected chi connectivity index (χ3v) is 3.11. The number of hydrogen-bond acceptors (Lipinski definition) is 4. The highest BCUT2D eigenvalue weighted by Gasteiger charge is 2.11. The third kappa shape index (κ3) is 1.50. The molecule has 0 bridgehead atoms. The van der Waals surface area contributed by atoms with E-state index in [0.29, 0.717) is 16.2 Å². The summed E-state index contributed by atoms with van der Waals surface area (Å²) in [7, 11) is 1.82. The molecule has 90 valence electrons. The van der Waals surface area contributed by atoms with Crippen LogP contribution in [0.3, 0.4) is 0 Å². The second-order valence-electron chi connectivity index (χ2n) is 3.96. The van der Waals surface area contributed by atoms with Crippen LogP contribution in [0, 0.1) is 4.77 Å². The SMILES string of the molecule is Cn1ncc2c(N)n(-c3ccccc3)c(=S)nc21. The number of para-hydroxylation sites is 1. The van der Waals surface area contributed by atoms with Crippen LogP contribution in [0.4, 0.5) is 5.82 Å². The number of benzene rings is 1. The van der Waals surface area contributed by atoms with Gasteiger partial charge in [-0.1, -0.05) is 18.2 Å². The van der Waals surface area contributed by atoms with Crippen molar-refractivity contribution in [2.75, 3.05) is 5.73 Å². The van der Waals surface area contributed by atoms with Crippen LogP contribution in [-0.4, -0.2) is 19.3 Å². The van der Waals surface area contributed by atoms with Crippen molar-refractivity contribution in [2.45, 2.75) is 0 Å². The highest BCUT2D eigenvalue weighted by molar-refractivity contribution is 7.71. The lowest BCUT2D eigenvalue weighted by Gasteiger charge is -2.10. The summed E-state index contributed by atoms with van der Waals surface area (Å²) in [5.41, 5.74) is 7.77. The van der Waals surface area contributed by atoms with Gasteiger partial charge in [0.1, 0.15) is 5.82 Å². The number of rotatable bonds is 1. The number of anilines is 1. The molecular formula is C12H11N5S. The molecule has 5 nitrogen and oxygen atoms in total. The molecule has 0 aliphatic rings. The Kier molecular flexibility index (Phi) is 2.38. The zero-order valence-electron chi connectivity index (χ0n) is 9.74. The topological polar surface area (TPSA) is 61.7 Å². The van der Waals surface area contributed by atoms with Crippen molar-refractivity contribution in [2.24, 2.45) is 7.05 Å². The fraction of sp³-hybridized carbons (Fsp3) is 0.0833. The van der Waals surface area contributed by atoms with Gasteiger partial charge in [-0.05, 0) is 24.4 Å². The van der Waals surface area contributed by atoms with E-state index in [1.54, 1.807) is 15.4 Å². The Hall–Kier alpha value is -2.21. The standard InChI is InChI=1S/C12H11N5S/c1-16-11-9(7-14-16)10(13)17(12(18)15-11)8-5-3-2-4-6-8/h2-7H,13H2,1H3. The summed E-state index contributed by atoms with van der Waals surface area (Å²) in [4.78, 5) is 4.37. The molecule has 3 aromatic rings. The smallest absolute Gasteiger partial charge is 0.207 e. The molecule has 0 amide bonds. The van der Waals surface area contributed by atoms with E-state index in [2.05, 4.69) is 10.1 Å². The molecule has 2 N–H and O–H groups in total. The predicted octanol–water partition coefficient (Wildman–Crippen LogP) is 2.07. The maximum absolute atomic E-state index is 6.17. The Morgan fingerprint density at radius 3 is 2.67 bits per heavy atom. The van der Waals surface area contributed by atoms with Gasteiger partial charge in [0, 0.05) is 12.7 Å². The van der Waals surface area contributed by atoms with E-state index in [9.17, 15) is 0 Å². The molecule has 3 rings (SSSR count). The molecule has 18 heavy (non-hydrogen) atoms. The quantitative estimate of drug-likeness (QED) is 0.678. The molecule has 1 aromatic carbocycles. The maximum Gasteiger partial charge on any atom is 0.207 e. The molecule has 0 spiro atoms. The minimum Gasteiger partial charge on any atom is -0.384 e. The molecular weight excluding hydrogens is 246 g/mol. The van der Waals surface area contributed by atoms with Crippen molar-refractivity contribution >= 4 is 29.1 Å². The number of aromatic nitrogens is 4. The third-order valence-electron chi connectivity index (χ3n) is 2.83. The van der Waals surface area contributed by atoms with Crippen molar-refractivity contribution in [1.82, 2.24) is 19.3 Å². The Morgan fingerprint density at radius 2 is 1.94 bits per heavy atom. The van der Waals surface area contributed by atoms with Gasteiger partial charge in [-0.25, -0.2) is 0 Å². The fourth-order valence-electron chi connectivity index (χ4n) is 1.94. The molecule has 2 aromatic heterocycles. The van der Waals surface area contributed by atoms with E-state index in [4.69, 9.17) is 18.0 Å². The molecule has 6 heteroatoms. The van der Waals surface area contributed by atoms with Crippen molar-refractivity contribution in [3.63, 3.8) is 0 Å². The van der Waals surface area contributed by atoms with Gasteiger partial charge in [0.25, 0.3) is 0 Å². The van der Waals surface area contributed by atoms with Crippen LogP contribution in [0.1, 0.15) is 0 Å². The van der Waals surface area contributed by atoms with Crippen molar-refractivity contribution < 1.29 is 0 Å². The second kappa shape index (κ2) is 3.92. The van der Waals surface area contributed by atoms with E-state index in [0.717, 1.165) is 11.1 Å². The lowest BCUT2D eigenvalue weighted by molar-refractivity contribution is 0.782. The Balaban J connectivity index is 2.41.